The van der Waals surface area contributed by atoms with Gasteiger partial charge in [0.25, 0.3) is 0 Å². The molecule has 2 aliphatic heterocycles. The van der Waals surface area contributed by atoms with E-state index in [9.17, 15) is 4.79 Å². The first kappa shape index (κ1) is 12.2. The van der Waals surface area contributed by atoms with E-state index in [-0.39, 0.29) is 11.6 Å². The van der Waals surface area contributed by atoms with Crippen LogP contribution in [-0.2, 0) is 14.4 Å². The third kappa shape index (κ3) is 2.91. The molecule has 0 aromatic rings. The summed E-state index contributed by atoms with van der Waals surface area (Å²) in [6.07, 6.45) is 4.91. The zero-order chi connectivity index (χ0) is 12.3. The third-order valence-corrected chi connectivity index (χ3v) is 3.45. The van der Waals surface area contributed by atoms with Gasteiger partial charge < -0.3 is 14.5 Å². The van der Waals surface area contributed by atoms with Crippen molar-refractivity contribution in [1.29, 1.82) is 0 Å². The minimum Gasteiger partial charge on any atom is -0.492 e. The van der Waals surface area contributed by atoms with Crippen LogP contribution in [0.15, 0.2) is 12.0 Å². The maximum Gasteiger partial charge on any atom is 0.331 e. The summed E-state index contributed by atoms with van der Waals surface area (Å²) in [7, 11) is 2.12. The van der Waals surface area contributed by atoms with E-state index in [2.05, 4.69) is 17.4 Å². The lowest BCUT2D eigenvalue weighted by Crippen LogP contribution is -2.42. The number of nitrogens with zero attached hydrogens (tertiary/aromatic N) is 1. The summed E-state index contributed by atoms with van der Waals surface area (Å²) < 4.78 is 5.77. The van der Waals surface area contributed by atoms with Crippen LogP contribution < -0.4 is 5.48 Å². The predicted octanol–water partition coefficient (Wildman–Crippen LogP) is 1.17. The Hall–Kier alpha value is -1.23. The number of carbonyl (C=O) groups is 1. The molecular weight excluding hydrogens is 220 g/mol. The van der Waals surface area contributed by atoms with Gasteiger partial charge in [-0.25, -0.2) is 10.3 Å². The molecule has 2 heterocycles. The van der Waals surface area contributed by atoms with Crippen molar-refractivity contribution in [1.82, 2.24) is 10.4 Å². The minimum atomic E-state index is -0.254. The van der Waals surface area contributed by atoms with E-state index in [1.165, 1.54) is 0 Å². The first-order valence-electron chi connectivity index (χ1n) is 6.15. The van der Waals surface area contributed by atoms with Gasteiger partial charge in [0.2, 0.25) is 0 Å². The summed E-state index contributed by atoms with van der Waals surface area (Å²) in [6.45, 7) is 3.87. The second kappa shape index (κ2) is 4.96. The van der Waals surface area contributed by atoms with Gasteiger partial charge in [-0.3, -0.25) is 0 Å². The molecule has 2 rings (SSSR count). The van der Waals surface area contributed by atoms with Gasteiger partial charge in [-0.2, -0.15) is 0 Å². The van der Waals surface area contributed by atoms with Crippen LogP contribution in [0.25, 0.3) is 0 Å². The van der Waals surface area contributed by atoms with Crippen LogP contribution >= 0.6 is 0 Å². The van der Waals surface area contributed by atoms with Crippen LogP contribution in [0.4, 0.5) is 0 Å². The fraction of sp³-hybridized carbons (Fsp3) is 0.750. The van der Waals surface area contributed by atoms with Crippen LogP contribution in [0.3, 0.4) is 0 Å². The molecule has 96 valence electrons. The SMILES string of the molecule is CCC(=O)ONC1=COC2(CCN(C)CC2)C1. The molecule has 0 radical (unpaired) electrons. The number of rotatable bonds is 3. The van der Waals surface area contributed by atoms with Gasteiger partial charge in [-0.15, -0.1) is 0 Å². The lowest BCUT2D eigenvalue weighted by atomic mass is 9.88. The fourth-order valence-corrected chi connectivity index (χ4v) is 2.20. The highest BCUT2D eigenvalue weighted by Gasteiger charge is 2.39. The Balaban J connectivity index is 1.80. The van der Waals surface area contributed by atoms with Crippen molar-refractivity contribution in [2.24, 2.45) is 0 Å². The van der Waals surface area contributed by atoms with E-state index in [0.29, 0.717) is 6.42 Å². The van der Waals surface area contributed by atoms with E-state index >= 15 is 0 Å². The Bertz CT molecular complexity index is 320. The highest BCUT2D eigenvalue weighted by atomic mass is 16.7. The average Bonchev–Trinajstić information content (AvgIpc) is 2.74. The number of nitrogens with one attached hydrogen (secondary N) is 1. The van der Waals surface area contributed by atoms with Crippen LogP contribution in [0.1, 0.15) is 32.6 Å². The largest absolute Gasteiger partial charge is 0.492 e. The smallest absolute Gasteiger partial charge is 0.331 e. The summed E-state index contributed by atoms with van der Waals surface area (Å²) in [6, 6.07) is 0. The van der Waals surface area contributed by atoms with Crippen LogP contribution in [0.2, 0.25) is 0 Å². The van der Waals surface area contributed by atoms with Crippen molar-refractivity contribution in [3.8, 4) is 0 Å². The highest BCUT2D eigenvalue weighted by molar-refractivity contribution is 5.68. The zero-order valence-corrected chi connectivity index (χ0v) is 10.5. The van der Waals surface area contributed by atoms with Crippen LogP contribution in [0, 0.1) is 0 Å². The molecule has 17 heavy (non-hydrogen) atoms. The van der Waals surface area contributed by atoms with E-state index in [1.54, 1.807) is 13.2 Å². The number of hydroxylamine groups is 1. The number of carbonyl (C=O) groups excluding carboxylic acids is 1. The molecule has 0 aromatic carbocycles. The standard InChI is InChI=1S/C12H20N2O3/c1-3-11(15)17-13-10-8-12(16-9-10)4-6-14(2)7-5-12/h9,13H,3-8H2,1-2H3. The van der Waals surface area contributed by atoms with Gasteiger partial charge >= 0.3 is 5.97 Å². The van der Waals surface area contributed by atoms with E-state index in [4.69, 9.17) is 9.57 Å². The van der Waals surface area contributed by atoms with E-state index in [0.717, 1.165) is 38.0 Å². The van der Waals surface area contributed by atoms with Crippen molar-refractivity contribution >= 4 is 5.97 Å². The number of ether oxygens (including phenoxy) is 1. The molecule has 2 aliphatic rings. The van der Waals surface area contributed by atoms with Gasteiger partial charge in [0.05, 0.1) is 5.70 Å². The quantitative estimate of drug-likeness (QED) is 0.750. The Morgan fingerprint density at radius 2 is 2.29 bits per heavy atom. The van der Waals surface area contributed by atoms with Gasteiger partial charge in [0.1, 0.15) is 11.9 Å². The molecule has 5 nitrogen and oxygen atoms in total. The lowest BCUT2D eigenvalue weighted by molar-refractivity contribution is -0.149. The van der Waals surface area contributed by atoms with Gasteiger partial charge in [-0.1, -0.05) is 6.92 Å². The first-order valence-corrected chi connectivity index (χ1v) is 6.15. The number of likely N-dealkylation sites (tertiary alicyclic amines) is 1. The summed E-state index contributed by atoms with van der Waals surface area (Å²) in [5.41, 5.74) is 3.47. The molecule has 0 amide bonds. The Morgan fingerprint density at radius 3 is 2.94 bits per heavy atom. The molecule has 0 atom stereocenters. The predicted molar refractivity (Wildman–Crippen MR) is 62.8 cm³/mol. The third-order valence-electron chi connectivity index (χ3n) is 3.45. The van der Waals surface area contributed by atoms with Crippen molar-refractivity contribution < 1.29 is 14.4 Å². The maximum atomic E-state index is 11.0. The molecule has 5 heteroatoms. The summed E-state index contributed by atoms with van der Waals surface area (Å²) in [5.74, 6) is -0.254. The molecule has 1 saturated heterocycles. The second-order valence-electron chi connectivity index (χ2n) is 4.85. The van der Waals surface area contributed by atoms with Crippen molar-refractivity contribution in [3.05, 3.63) is 12.0 Å². The van der Waals surface area contributed by atoms with Crippen LogP contribution in [0.5, 0.6) is 0 Å². The lowest BCUT2D eigenvalue weighted by Gasteiger charge is -2.36. The van der Waals surface area contributed by atoms with Gasteiger partial charge in [0.15, 0.2) is 0 Å². The van der Waals surface area contributed by atoms with Crippen molar-refractivity contribution in [2.75, 3.05) is 20.1 Å². The molecule has 0 aliphatic carbocycles. The second-order valence-corrected chi connectivity index (χ2v) is 4.85. The molecule has 1 fully saturated rings. The average molecular weight is 240 g/mol. The molecule has 0 saturated carbocycles. The summed E-state index contributed by atoms with van der Waals surface area (Å²) >= 11 is 0. The monoisotopic (exact) mass is 240 g/mol. The Morgan fingerprint density at radius 1 is 1.59 bits per heavy atom. The normalized spacial score (nSPS) is 23.1. The number of piperidine rings is 1. The minimum absolute atomic E-state index is 0.0759. The molecule has 0 aromatic heterocycles. The molecule has 1 spiro atoms. The van der Waals surface area contributed by atoms with Gasteiger partial charge in [0, 0.05) is 38.8 Å². The van der Waals surface area contributed by atoms with Crippen molar-refractivity contribution in [2.45, 2.75) is 38.2 Å². The maximum absolute atomic E-state index is 11.0. The zero-order valence-electron chi connectivity index (χ0n) is 10.5. The summed E-state index contributed by atoms with van der Waals surface area (Å²) in [4.78, 5) is 18.2. The van der Waals surface area contributed by atoms with E-state index in [1.807, 2.05) is 0 Å². The van der Waals surface area contributed by atoms with Crippen LogP contribution in [-0.4, -0.2) is 36.6 Å². The highest BCUT2D eigenvalue weighted by Crippen LogP contribution is 2.36. The number of hydrogen-bond donors (Lipinski definition) is 1. The van der Waals surface area contributed by atoms with Gasteiger partial charge in [-0.05, 0) is 7.05 Å². The fourth-order valence-electron chi connectivity index (χ4n) is 2.20. The summed E-state index contributed by atoms with van der Waals surface area (Å²) in [5, 5.41) is 0. The van der Waals surface area contributed by atoms with Crippen molar-refractivity contribution in [3.63, 3.8) is 0 Å². The Kier molecular flexibility index (Phi) is 3.57. The topological polar surface area (TPSA) is 50.8 Å². The Labute approximate surface area is 102 Å². The molecule has 0 bridgehead atoms. The number of hydrogen-bond acceptors (Lipinski definition) is 5. The molecular formula is C12H20N2O3. The molecule has 1 N–H and O–H groups in total. The first-order chi connectivity index (χ1) is 8.13. The molecule has 0 unspecified atom stereocenters. The van der Waals surface area contributed by atoms with E-state index < -0.39 is 0 Å².